The smallest absolute Gasteiger partial charge is 0.411 e. The average Bonchev–Trinajstić information content (AvgIpc) is 3.64. The molecule has 1 N–H and O–H groups in total. The van der Waals surface area contributed by atoms with Gasteiger partial charge in [-0.1, -0.05) is 30.7 Å². The molecule has 4 heterocycles. The monoisotopic (exact) mass is 653 g/mol. The van der Waals surface area contributed by atoms with Crippen LogP contribution in [-0.4, -0.2) is 84.1 Å². The standard InChI is InChI=1S/C34H44ClN5O6/c1-31(2,3)46-30(43)40-25(18-45-20-32(40,4)5)22-7-9-23(10-8-22)39-26(35)17-24-27(39)36-21-38(28(24)41)19-34(44)13-15-37(16-14-34)29(42)33(6)11-12-33/h7-10,17,21,25,44H,11-16,18-20H2,1-6H3. The molecule has 2 saturated heterocycles. The quantitative estimate of drug-likeness (QED) is 0.408. The van der Waals surface area contributed by atoms with Crippen molar-refractivity contribution in [2.45, 2.75) is 96.6 Å². The summed E-state index contributed by atoms with van der Waals surface area (Å²) in [7, 11) is 0. The first-order chi connectivity index (χ1) is 21.5. The molecular weight excluding hydrogens is 610 g/mol. The fraction of sp³-hybridized carbons (Fsp3) is 0.588. The van der Waals surface area contributed by atoms with Crippen LogP contribution in [0, 0.1) is 5.41 Å². The number of piperidine rings is 1. The van der Waals surface area contributed by atoms with Crippen molar-refractivity contribution in [1.82, 2.24) is 23.9 Å². The molecule has 1 atom stereocenters. The Morgan fingerprint density at radius 3 is 2.35 bits per heavy atom. The molecule has 6 rings (SSSR count). The van der Waals surface area contributed by atoms with Gasteiger partial charge in [0.05, 0.1) is 42.3 Å². The van der Waals surface area contributed by atoms with E-state index in [4.69, 9.17) is 21.1 Å². The third-order valence-electron chi connectivity index (χ3n) is 9.52. The topological polar surface area (TPSA) is 119 Å². The third kappa shape index (κ3) is 6.16. The van der Waals surface area contributed by atoms with E-state index in [1.54, 1.807) is 15.5 Å². The highest BCUT2D eigenvalue weighted by atomic mass is 35.5. The van der Waals surface area contributed by atoms with E-state index in [-0.39, 0.29) is 29.5 Å². The Kier molecular flexibility index (Phi) is 8.05. The van der Waals surface area contributed by atoms with Crippen molar-refractivity contribution in [2.75, 3.05) is 26.3 Å². The molecule has 1 saturated carbocycles. The number of halogens is 1. The first-order valence-corrected chi connectivity index (χ1v) is 16.4. The number of carbonyl (C=O) groups is 2. The summed E-state index contributed by atoms with van der Waals surface area (Å²) in [6.07, 6.45) is 3.67. The zero-order valence-corrected chi connectivity index (χ0v) is 28.3. The number of rotatable bonds is 5. The molecule has 248 valence electrons. The lowest BCUT2D eigenvalue weighted by Gasteiger charge is -2.47. The van der Waals surface area contributed by atoms with Gasteiger partial charge in [-0.3, -0.25) is 23.6 Å². The maximum absolute atomic E-state index is 13.6. The van der Waals surface area contributed by atoms with Crippen LogP contribution in [0.3, 0.4) is 0 Å². The minimum absolute atomic E-state index is 0.0829. The van der Waals surface area contributed by atoms with Crippen molar-refractivity contribution in [1.29, 1.82) is 0 Å². The van der Waals surface area contributed by atoms with Gasteiger partial charge in [-0.2, -0.15) is 0 Å². The van der Waals surface area contributed by atoms with E-state index in [1.165, 1.54) is 10.9 Å². The van der Waals surface area contributed by atoms with Crippen LogP contribution in [0.15, 0.2) is 41.5 Å². The van der Waals surface area contributed by atoms with E-state index in [1.807, 2.05) is 70.7 Å². The van der Waals surface area contributed by atoms with E-state index in [0.717, 1.165) is 18.4 Å². The number of aliphatic hydroxyl groups is 1. The Bertz CT molecular complexity index is 1710. The summed E-state index contributed by atoms with van der Waals surface area (Å²) < 4.78 is 14.8. The zero-order chi connectivity index (χ0) is 33.2. The lowest BCUT2D eigenvalue weighted by atomic mass is 9.90. The summed E-state index contributed by atoms with van der Waals surface area (Å²) in [5, 5.41) is 12.0. The largest absolute Gasteiger partial charge is 0.444 e. The molecule has 12 heteroatoms. The summed E-state index contributed by atoms with van der Waals surface area (Å²) in [6, 6.07) is 8.83. The van der Waals surface area contributed by atoms with Gasteiger partial charge in [0.15, 0.2) is 5.65 Å². The molecule has 2 amide bonds. The lowest BCUT2D eigenvalue weighted by molar-refractivity contribution is -0.141. The van der Waals surface area contributed by atoms with Crippen LogP contribution in [0.4, 0.5) is 4.79 Å². The minimum atomic E-state index is -1.12. The maximum Gasteiger partial charge on any atom is 0.411 e. The molecule has 3 fully saturated rings. The molecule has 0 spiro atoms. The maximum atomic E-state index is 13.6. The highest BCUT2D eigenvalue weighted by Gasteiger charge is 2.48. The van der Waals surface area contributed by atoms with Gasteiger partial charge in [-0.15, -0.1) is 0 Å². The first-order valence-electron chi connectivity index (χ1n) is 16.0. The van der Waals surface area contributed by atoms with Gasteiger partial charge in [0, 0.05) is 24.2 Å². The lowest BCUT2D eigenvalue weighted by Crippen LogP contribution is -2.57. The second-order valence-corrected chi connectivity index (χ2v) is 15.5. The number of hydrogen-bond acceptors (Lipinski definition) is 7. The van der Waals surface area contributed by atoms with E-state index in [2.05, 4.69) is 4.98 Å². The molecule has 1 aromatic carbocycles. The predicted octanol–water partition coefficient (Wildman–Crippen LogP) is 5.08. The van der Waals surface area contributed by atoms with Crippen LogP contribution in [0.1, 0.15) is 78.8 Å². The van der Waals surface area contributed by atoms with E-state index < -0.39 is 22.8 Å². The molecule has 2 aliphatic heterocycles. The van der Waals surface area contributed by atoms with Gasteiger partial charge in [0.1, 0.15) is 17.1 Å². The Labute approximate surface area is 274 Å². The normalized spacial score (nSPS) is 22.1. The van der Waals surface area contributed by atoms with Crippen LogP contribution < -0.4 is 5.56 Å². The summed E-state index contributed by atoms with van der Waals surface area (Å²) in [6.45, 7) is 13.2. The molecule has 3 aromatic rings. The highest BCUT2D eigenvalue weighted by Crippen LogP contribution is 2.47. The van der Waals surface area contributed by atoms with E-state index in [9.17, 15) is 19.5 Å². The summed E-state index contributed by atoms with van der Waals surface area (Å²) in [4.78, 5) is 47.8. The van der Waals surface area contributed by atoms with Gasteiger partial charge >= 0.3 is 6.09 Å². The van der Waals surface area contributed by atoms with Crippen molar-refractivity contribution in [3.63, 3.8) is 0 Å². The van der Waals surface area contributed by atoms with Crippen molar-refractivity contribution < 1.29 is 24.2 Å². The second-order valence-electron chi connectivity index (χ2n) is 15.1. The van der Waals surface area contributed by atoms with Gasteiger partial charge < -0.3 is 19.5 Å². The molecule has 11 nitrogen and oxygen atoms in total. The number of nitrogens with zero attached hydrogens (tertiary/aromatic N) is 5. The number of amides is 2. The Hall–Kier alpha value is -3.41. The van der Waals surface area contributed by atoms with E-state index in [0.29, 0.717) is 61.0 Å². The van der Waals surface area contributed by atoms with Crippen molar-refractivity contribution in [3.05, 3.63) is 57.7 Å². The SMILES string of the molecule is CC(C)(C)OC(=O)N1C(c2ccc(-n3c(Cl)cc4c(=O)n(CC5(O)CCN(C(=O)C6(C)CC6)CC5)cnc43)cc2)COCC1(C)C. The number of likely N-dealkylation sites (tertiary alicyclic amines) is 1. The first kappa shape index (κ1) is 32.5. The van der Waals surface area contributed by atoms with E-state index >= 15 is 0 Å². The third-order valence-corrected chi connectivity index (χ3v) is 9.80. The van der Waals surface area contributed by atoms with Gasteiger partial charge in [0.25, 0.3) is 5.56 Å². The average molecular weight is 654 g/mol. The molecular formula is C34H44ClN5O6. The predicted molar refractivity (Wildman–Crippen MR) is 174 cm³/mol. The van der Waals surface area contributed by atoms with Crippen LogP contribution in [0.2, 0.25) is 5.15 Å². The van der Waals surface area contributed by atoms with Crippen LogP contribution >= 0.6 is 11.6 Å². The molecule has 0 radical (unpaired) electrons. The second kappa shape index (κ2) is 11.4. The number of benzene rings is 1. The number of aromatic nitrogens is 3. The molecule has 46 heavy (non-hydrogen) atoms. The van der Waals surface area contributed by atoms with Gasteiger partial charge in [-0.05, 0) is 84.1 Å². The van der Waals surface area contributed by atoms with Gasteiger partial charge in [-0.25, -0.2) is 9.78 Å². The summed E-state index contributed by atoms with van der Waals surface area (Å²) >= 11 is 6.68. The highest BCUT2D eigenvalue weighted by molar-refractivity contribution is 6.31. The zero-order valence-electron chi connectivity index (χ0n) is 27.5. The summed E-state index contributed by atoms with van der Waals surface area (Å²) in [5.74, 6) is 0.162. The molecule has 0 bridgehead atoms. The number of fused-ring (bicyclic) bond motifs is 1. The minimum Gasteiger partial charge on any atom is -0.444 e. The van der Waals surface area contributed by atoms with Crippen molar-refractivity contribution >= 4 is 34.6 Å². The van der Waals surface area contributed by atoms with Crippen molar-refractivity contribution in [2.24, 2.45) is 5.41 Å². The fourth-order valence-electron chi connectivity index (χ4n) is 6.59. The number of ether oxygens (including phenoxy) is 2. The van der Waals surface area contributed by atoms with Crippen LogP contribution in [0.25, 0.3) is 16.7 Å². The molecule has 1 unspecified atom stereocenters. The Morgan fingerprint density at radius 2 is 1.74 bits per heavy atom. The Balaban J connectivity index is 1.22. The number of morpholine rings is 1. The summed E-state index contributed by atoms with van der Waals surface area (Å²) in [5.41, 5.74) is -0.893. The van der Waals surface area contributed by atoms with Crippen LogP contribution in [0.5, 0.6) is 0 Å². The van der Waals surface area contributed by atoms with Gasteiger partial charge in [0.2, 0.25) is 5.91 Å². The molecule has 3 aliphatic rings. The van der Waals surface area contributed by atoms with Crippen molar-refractivity contribution in [3.8, 4) is 5.69 Å². The fourth-order valence-corrected chi connectivity index (χ4v) is 6.88. The number of hydrogen-bond donors (Lipinski definition) is 1. The molecule has 1 aliphatic carbocycles. The number of carbonyl (C=O) groups excluding carboxylic acids is 2. The Morgan fingerprint density at radius 1 is 1.09 bits per heavy atom. The molecule has 2 aromatic heterocycles. The van der Waals surface area contributed by atoms with Crippen LogP contribution in [-0.2, 0) is 20.8 Å².